The van der Waals surface area contributed by atoms with Gasteiger partial charge in [0.2, 0.25) is 0 Å². The van der Waals surface area contributed by atoms with Gasteiger partial charge in [-0.1, -0.05) is 29.8 Å². The summed E-state index contributed by atoms with van der Waals surface area (Å²) in [5.41, 5.74) is 1.91. The van der Waals surface area contributed by atoms with Crippen LogP contribution in [0.2, 0.25) is 0 Å². The Morgan fingerprint density at radius 1 is 1.36 bits per heavy atom. The van der Waals surface area contributed by atoms with E-state index in [-0.39, 0.29) is 11.2 Å². The van der Waals surface area contributed by atoms with Gasteiger partial charge in [-0.25, -0.2) is 0 Å². The van der Waals surface area contributed by atoms with Crippen LogP contribution in [0.1, 0.15) is 36.2 Å². The van der Waals surface area contributed by atoms with Gasteiger partial charge < -0.3 is 0 Å². The first-order valence-electron chi connectivity index (χ1n) is 4.84. The number of hydrogen-bond acceptors (Lipinski definition) is 1. The molecule has 0 fully saturated rings. The summed E-state index contributed by atoms with van der Waals surface area (Å²) in [6.07, 6.45) is 1.96. The van der Waals surface area contributed by atoms with Crippen molar-refractivity contribution in [2.24, 2.45) is 5.41 Å². The summed E-state index contributed by atoms with van der Waals surface area (Å²) in [5.74, 6) is 0.284. The summed E-state index contributed by atoms with van der Waals surface area (Å²) in [4.78, 5) is 12.0. The molecule has 2 rings (SSSR count). The lowest BCUT2D eigenvalue weighted by molar-refractivity contribution is 0.0811. The average molecular weight is 253 g/mol. The standard InChI is InChI=1S/C12H13BrO/c1-12(2)6-5-8-7-9(13)3-4-10(8)11(12)14/h3-4,7H,5-6H2,1-2H3. The van der Waals surface area contributed by atoms with Gasteiger partial charge in [0.15, 0.2) is 5.78 Å². The minimum absolute atomic E-state index is 0.180. The largest absolute Gasteiger partial charge is 0.294 e. The molecule has 0 saturated heterocycles. The van der Waals surface area contributed by atoms with Crippen molar-refractivity contribution in [3.05, 3.63) is 33.8 Å². The number of hydrogen-bond donors (Lipinski definition) is 0. The number of benzene rings is 1. The zero-order valence-corrected chi connectivity index (χ0v) is 10.0. The van der Waals surface area contributed by atoms with Crippen molar-refractivity contribution in [1.29, 1.82) is 0 Å². The molecule has 0 spiro atoms. The van der Waals surface area contributed by atoms with Crippen LogP contribution in [0.25, 0.3) is 0 Å². The topological polar surface area (TPSA) is 17.1 Å². The second kappa shape index (κ2) is 3.20. The van der Waals surface area contributed by atoms with Crippen molar-refractivity contribution in [3.63, 3.8) is 0 Å². The van der Waals surface area contributed by atoms with Crippen LogP contribution in [0.5, 0.6) is 0 Å². The van der Waals surface area contributed by atoms with Gasteiger partial charge in [-0.2, -0.15) is 0 Å². The van der Waals surface area contributed by atoms with Crippen LogP contribution in [0.15, 0.2) is 22.7 Å². The van der Waals surface area contributed by atoms with Crippen LogP contribution in [0.3, 0.4) is 0 Å². The third kappa shape index (κ3) is 1.52. The molecule has 0 bridgehead atoms. The van der Waals surface area contributed by atoms with E-state index in [1.807, 2.05) is 26.0 Å². The Labute approximate surface area is 92.6 Å². The van der Waals surface area contributed by atoms with Crippen LogP contribution in [-0.2, 0) is 6.42 Å². The second-order valence-electron chi connectivity index (χ2n) is 4.51. The average Bonchev–Trinajstić information content (AvgIpc) is 2.12. The van der Waals surface area contributed by atoms with Gasteiger partial charge >= 0.3 is 0 Å². The maximum atomic E-state index is 12.0. The summed E-state index contributed by atoms with van der Waals surface area (Å²) < 4.78 is 1.06. The highest BCUT2D eigenvalue weighted by Gasteiger charge is 2.33. The molecule has 0 atom stereocenters. The Bertz CT molecular complexity index is 393. The normalized spacial score (nSPS) is 19.2. The van der Waals surface area contributed by atoms with Crippen molar-refractivity contribution in [1.82, 2.24) is 0 Å². The lowest BCUT2D eigenvalue weighted by Gasteiger charge is -2.29. The van der Waals surface area contributed by atoms with E-state index in [0.717, 1.165) is 22.9 Å². The Kier molecular flexibility index (Phi) is 2.26. The van der Waals surface area contributed by atoms with Crippen LogP contribution < -0.4 is 0 Å². The lowest BCUT2D eigenvalue weighted by Crippen LogP contribution is -2.30. The van der Waals surface area contributed by atoms with E-state index in [9.17, 15) is 4.79 Å². The molecular formula is C12H13BrO. The van der Waals surface area contributed by atoms with Gasteiger partial charge in [-0.15, -0.1) is 0 Å². The van der Waals surface area contributed by atoms with Gasteiger partial charge in [0.05, 0.1) is 0 Å². The number of carbonyl (C=O) groups is 1. The SMILES string of the molecule is CC1(C)CCc2cc(Br)ccc2C1=O. The molecule has 1 nitrogen and oxygen atoms in total. The first kappa shape index (κ1) is 9.91. The third-order valence-corrected chi connectivity index (χ3v) is 3.44. The first-order valence-corrected chi connectivity index (χ1v) is 5.63. The van der Waals surface area contributed by atoms with E-state index in [4.69, 9.17) is 0 Å². The lowest BCUT2D eigenvalue weighted by atomic mass is 9.73. The highest BCUT2D eigenvalue weighted by atomic mass is 79.9. The smallest absolute Gasteiger partial charge is 0.168 e. The van der Waals surface area contributed by atoms with Crippen LogP contribution in [0, 0.1) is 5.41 Å². The predicted molar refractivity (Wildman–Crippen MR) is 60.6 cm³/mol. The zero-order chi connectivity index (χ0) is 10.3. The molecule has 0 heterocycles. The maximum absolute atomic E-state index is 12.0. The Balaban J connectivity index is 2.52. The molecule has 1 aromatic rings. The zero-order valence-electron chi connectivity index (χ0n) is 8.43. The van der Waals surface area contributed by atoms with Gasteiger partial charge in [0.1, 0.15) is 0 Å². The van der Waals surface area contributed by atoms with E-state index in [2.05, 4.69) is 22.0 Å². The molecule has 0 amide bonds. The van der Waals surface area contributed by atoms with E-state index in [1.165, 1.54) is 5.56 Å². The van der Waals surface area contributed by atoms with Crippen LogP contribution in [0.4, 0.5) is 0 Å². The van der Waals surface area contributed by atoms with Crippen molar-refractivity contribution < 1.29 is 4.79 Å². The molecule has 74 valence electrons. The van der Waals surface area contributed by atoms with Crippen LogP contribution >= 0.6 is 15.9 Å². The minimum Gasteiger partial charge on any atom is -0.294 e. The second-order valence-corrected chi connectivity index (χ2v) is 5.43. The molecule has 0 aliphatic heterocycles. The number of carbonyl (C=O) groups excluding carboxylic acids is 1. The fourth-order valence-corrected chi connectivity index (χ4v) is 2.32. The van der Waals surface area contributed by atoms with Crippen molar-refractivity contribution in [2.45, 2.75) is 26.7 Å². The van der Waals surface area contributed by atoms with Gasteiger partial charge in [-0.05, 0) is 36.6 Å². The number of aryl methyl sites for hydroxylation is 1. The molecule has 0 N–H and O–H groups in total. The van der Waals surface area contributed by atoms with E-state index in [1.54, 1.807) is 0 Å². The molecule has 1 aliphatic rings. The quantitative estimate of drug-likeness (QED) is 0.690. The fourth-order valence-electron chi connectivity index (χ4n) is 1.92. The molecule has 14 heavy (non-hydrogen) atoms. The molecule has 0 saturated carbocycles. The molecule has 0 radical (unpaired) electrons. The van der Waals surface area contributed by atoms with E-state index >= 15 is 0 Å². The highest BCUT2D eigenvalue weighted by molar-refractivity contribution is 9.10. The summed E-state index contributed by atoms with van der Waals surface area (Å²) in [6.45, 7) is 4.06. The summed E-state index contributed by atoms with van der Waals surface area (Å²) >= 11 is 3.43. The van der Waals surface area contributed by atoms with Crippen molar-refractivity contribution in [2.75, 3.05) is 0 Å². The number of fused-ring (bicyclic) bond motifs is 1. The molecule has 2 heteroatoms. The molecule has 1 aliphatic carbocycles. The Hall–Kier alpha value is -0.630. The van der Waals surface area contributed by atoms with Crippen molar-refractivity contribution in [3.8, 4) is 0 Å². The third-order valence-electron chi connectivity index (χ3n) is 2.95. The maximum Gasteiger partial charge on any atom is 0.168 e. The fraction of sp³-hybridized carbons (Fsp3) is 0.417. The monoisotopic (exact) mass is 252 g/mol. The van der Waals surface area contributed by atoms with Gasteiger partial charge in [0.25, 0.3) is 0 Å². The molecule has 0 aromatic heterocycles. The summed E-state index contributed by atoms with van der Waals surface area (Å²) in [6, 6.07) is 5.93. The first-order chi connectivity index (χ1) is 6.50. The number of halogens is 1. The van der Waals surface area contributed by atoms with Crippen LogP contribution in [-0.4, -0.2) is 5.78 Å². The number of rotatable bonds is 0. The molecule has 0 unspecified atom stereocenters. The summed E-state index contributed by atoms with van der Waals surface area (Å²) in [5, 5.41) is 0. The van der Waals surface area contributed by atoms with Crippen molar-refractivity contribution >= 4 is 21.7 Å². The predicted octanol–water partition coefficient (Wildman–Crippen LogP) is 3.60. The highest BCUT2D eigenvalue weighted by Crippen LogP contribution is 2.35. The van der Waals surface area contributed by atoms with Gasteiger partial charge in [0, 0.05) is 15.5 Å². The molecular weight excluding hydrogens is 240 g/mol. The summed E-state index contributed by atoms with van der Waals surface area (Å²) in [7, 11) is 0. The van der Waals surface area contributed by atoms with E-state index in [0.29, 0.717) is 0 Å². The Morgan fingerprint density at radius 3 is 2.79 bits per heavy atom. The van der Waals surface area contributed by atoms with E-state index < -0.39 is 0 Å². The Morgan fingerprint density at radius 2 is 2.07 bits per heavy atom. The molecule has 1 aromatic carbocycles. The minimum atomic E-state index is -0.180. The number of ketones is 1. The number of Topliss-reactive ketones (excluding diaryl/α,β-unsaturated/α-hetero) is 1. The van der Waals surface area contributed by atoms with Gasteiger partial charge in [-0.3, -0.25) is 4.79 Å².